The summed E-state index contributed by atoms with van der Waals surface area (Å²) in [6.07, 6.45) is 0. The molecular weight excluding hydrogens is 320 g/mol. The molecule has 9 nitrogen and oxygen atoms in total. The number of nitrogens with one attached hydrogen (secondary N) is 1. The number of carboxylic acids is 1. The molecule has 0 unspecified atom stereocenters. The monoisotopic (exact) mass is 336 g/mol. The normalized spacial score (nSPS) is 14.1. The Bertz CT molecular complexity index is 727. The Kier molecular flexibility index (Phi) is 5.05. The van der Waals surface area contributed by atoms with Crippen molar-refractivity contribution in [3.8, 4) is 5.75 Å². The van der Waals surface area contributed by atoms with Gasteiger partial charge in [-0.25, -0.2) is 9.59 Å². The second kappa shape index (κ2) is 7.01. The summed E-state index contributed by atoms with van der Waals surface area (Å²) in [5.41, 5.74) is -0.0222. The topological polar surface area (TPSA) is 136 Å². The van der Waals surface area contributed by atoms with Crippen LogP contribution in [0, 0.1) is 0 Å². The lowest BCUT2D eigenvalue weighted by molar-refractivity contribution is -0.136. The lowest BCUT2D eigenvalue weighted by Gasteiger charge is -2.15. The third-order valence-corrected chi connectivity index (χ3v) is 3.45. The highest BCUT2D eigenvalue weighted by Crippen LogP contribution is 2.26. The van der Waals surface area contributed by atoms with Crippen molar-refractivity contribution in [1.82, 2.24) is 4.90 Å². The number of aromatic carboxylic acids is 1. The van der Waals surface area contributed by atoms with E-state index in [1.165, 1.54) is 24.1 Å². The van der Waals surface area contributed by atoms with Crippen LogP contribution in [-0.2, 0) is 14.3 Å². The fourth-order valence-corrected chi connectivity index (χ4v) is 2.28. The fraction of sp³-hybridized carbons (Fsp3) is 0.267. The van der Waals surface area contributed by atoms with Crippen LogP contribution in [0.25, 0.3) is 0 Å². The van der Waals surface area contributed by atoms with Crippen molar-refractivity contribution in [3.63, 3.8) is 0 Å². The molecule has 1 aromatic rings. The summed E-state index contributed by atoms with van der Waals surface area (Å²) in [5, 5.41) is 30.3. The molecule has 24 heavy (non-hydrogen) atoms. The number of aliphatic hydroxyl groups excluding tert-OH is 1. The first kappa shape index (κ1) is 17.3. The van der Waals surface area contributed by atoms with Crippen molar-refractivity contribution in [2.24, 2.45) is 0 Å². The van der Waals surface area contributed by atoms with E-state index < -0.39 is 23.6 Å². The molecule has 0 bridgehead atoms. The van der Waals surface area contributed by atoms with Gasteiger partial charge in [-0.3, -0.25) is 4.79 Å². The van der Waals surface area contributed by atoms with E-state index in [2.05, 4.69) is 10.1 Å². The van der Waals surface area contributed by atoms with Crippen LogP contribution in [0.2, 0.25) is 0 Å². The van der Waals surface area contributed by atoms with Gasteiger partial charge < -0.3 is 30.3 Å². The van der Waals surface area contributed by atoms with Gasteiger partial charge in [0.1, 0.15) is 17.0 Å². The zero-order valence-electron chi connectivity index (χ0n) is 12.8. The molecule has 1 heterocycles. The fourth-order valence-electron chi connectivity index (χ4n) is 2.28. The van der Waals surface area contributed by atoms with Gasteiger partial charge in [-0.1, -0.05) is 0 Å². The van der Waals surface area contributed by atoms with Gasteiger partial charge in [0.2, 0.25) is 0 Å². The summed E-state index contributed by atoms with van der Waals surface area (Å²) >= 11 is 0. The summed E-state index contributed by atoms with van der Waals surface area (Å²) in [7, 11) is 1.18. The van der Waals surface area contributed by atoms with E-state index in [0.29, 0.717) is 0 Å². The third kappa shape index (κ3) is 3.30. The predicted octanol–water partition coefficient (Wildman–Crippen LogP) is -0.236. The van der Waals surface area contributed by atoms with Gasteiger partial charge in [0.15, 0.2) is 0 Å². The maximum Gasteiger partial charge on any atom is 0.339 e. The summed E-state index contributed by atoms with van der Waals surface area (Å²) in [6, 6.07) is 3.66. The standard InChI is InChI=1S/C15H16N2O7/c1-24-15(23)10-7-17(4-5-18)13(20)12(10)16-8-2-3-9(14(21)22)11(19)6-8/h2-3,6,16,18-19H,4-5,7H2,1H3,(H,21,22). The number of methoxy groups -OCH3 is 1. The summed E-state index contributed by atoms with van der Waals surface area (Å²) in [5.74, 6) is -2.98. The van der Waals surface area contributed by atoms with Crippen LogP contribution in [0.15, 0.2) is 29.5 Å². The number of carbonyl (C=O) groups excluding carboxylic acids is 2. The Morgan fingerprint density at radius 1 is 1.38 bits per heavy atom. The predicted molar refractivity (Wildman–Crippen MR) is 81.4 cm³/mol. The number of carbonyl (C=O) groups is 3. The first-order valence-electron chi connectivity index (χ1n) is 6.94. The number of aromatic hydroxyl groups is 1. The number of rotatable bonds is 6. The number of esters is 1. The number of benzene rings is 1. The number of aliphatic hydroxyl groups is 1. The number of anilines is 1. The minimum absolute atomic E-state index is 0.0202. The van der Waals surface area contributed by atoms with Crippen molar-refractivity contribution in [2.75, 3.05) is 32.1 Å². The van der Waals surface area contributed by atoms with Gasteiger partial charge in [0, 0.05) is 18.3 Å². The lowest BCUT2D eigenvalue weighted by atomic mass is 10.1. The van der Waals surface area contributed by atoms with Crippen LogP contribution >= 0.6 is 0 Å². The van der Waals surface area contributed by atoms with Crippen molar-refractivity contribution in [1.29, 1.82) is 0 Å². The molecule has 4 N–H and O–H groups in total. The van der Waals surface area contributed by atoms with Gasteiger partial charge in [-0.2, -0.15) is 0 Å². The zero-order valence-corrected chi connectivity index (χ0v) is 12.8. The largest absolute Gasteiger partial charge is 0.507 e. The number of amides is 1. The van der Waals surface area contributed by atoms with Crippen LogP contribution in [0.4, 0.5) is 5.69 Å². The Morgan fingerprint density at radius 3 is 2.62 bits per heavy atom. The summed E-state index contributed by atoms with van der Waals surface area (Å²) in [4.78, 5) is 36.3. The third-order valence-electron chi connectivity index (χ3n) is 3.45. The molecule has 0 fully saturated rings. The first-order valence-corrected chi connectivity index (χ1v) is 6.94. The second-order valence-electron chi connectivity index (χ2n) is 4.96. The number of hydrogen-bond donors (Lipinski definition) is 4. The van der Waals surface area contributed by atoms with Crippen LogP contribution in [0.1, 0.15) is 10.4 Å². The van der Waals surface area contributed by atoms with Crippen molar-refractivity contribution >= 4 is 23.5 Å². The Balaban J connectivity index is 2.33. The molecule has 0 saturated carbocycles. The highest BCUT2D eigenvalue weighted by molar-refractivity contribution is 6.08. The molecule has 2 rings (SSSR count). The van der Waals surface area contributed by atoms with Crippen molar-refractivity contribution < 1.29 is 34.4 Å². The van der Waals surface area contributed by atoms with Crippen LogP contribution < -0.4 is 5.32 Å². The number of hydrogen-bond acceptors (Lipinski definition) is 7. The maximum absolute atomic E-state index is 12.3. The van der Waals surface area contributed by atoms with Gasteiger partial charge in [-0.05, 0) is 12.1 Å². The molecular formula is C15H16N2O7. The number of β-amino-alcohol motifs (C(OH)–C–C–N with tert-alkyl or cyclic N) is 1. The molecule has 1 aliphatic heterocycles. The Morgan fingerprint density at radius 2 is 2.08 bits per heavy atom. The number of nitrogens with zero attached hydrogens (tertiary/aromatic N) is 1. The molecule has 0 radical (unpaired) electrons. The van der Waals surface area contributed by atoms with Gasteiger partial charge in [-0.15, -0.1) is 0 Å². The average Bonchev–Trinajstić information content (AvgIpc) is 2.84. The summed E-state index contributed by atoms with van der Waals surface area (Å²) in [6.45, 7) is -0.233. The van der Waals surface area contributed by atoms with Gasteiger partial charge in [0.25, 0.3) is 5.91 Å². The van der Waals surface area contributed by atoms with E-state index in [1.807, 2.05) is 0 Å². The quantitative estimate of drug-likeness (QED) is 0.523. The molecule has 0 saturated heterocycles. The second-order valence-corrected chi connectivity index (χ2v) is 4.96. The minimum atomic E-state index is -1.29. The molecule has 1 amide bonds. The van der Waals surface area contributed by atoms with E-state index in [4.69, 9.17) is 10.2 Å². The van der Waals surface area contributed by atoms with Crippen LogP contribution in [-0.4, -0.2) is 64.9 Å². The number of ether oxygens (including phenoxy) is 1. The van der Waals surface area contributed by atoms with Gasteiger partial charge in [0.05, 0.1) is 25.8 Å². The lowest BCUT2D eigenvalue weighted by Crippen LogP contribution is -2.31. The van der Waals surface area contributed by atoms with Crippen LogP contribution in [0.3, 0.4) is 0 Å². The molecule has 9 heteroatoms. The van der Waals surface area contributed by atoms with Crippen LogP contribution in [0.5, 0.6) is 5.75 Å². The van der Waals surface area contributed by atoms with Gasteiger partial charge >= 0.3 is 11.9 Å². The Labute approximate surface area is 136 Å². The molecule has 0 spiro atoms. The molecule has 0 aliphatic carbocycles. The first-order chi connectivity index (χ1) is 11.4. The van der Waals surface area contributed by atoms with E-state index in [-0.39, 0.29) is 42.2 Å². The zero-order chi connectivity index (χ0) is 17.9. The van der Waals surface area contributed by atoms with E-state index >= 15 is 0 Å². The minimum Gasteiger partial charge on any atom is -0.507 e. The smallest absolute Gasteiger partial charge is 0.339 e. The molecule has 0 atom stereocenters. The molecule has 1 aromatic carbocycles. The Hall–Kier alpha value is -3.07. The van der Waals surface area contributed by atoms with Crippen molar-refractivity contribution in [2.45, 2.75) is 0 Å². The number of phenols is 1. The van der Waals surface area contributed by atoms with E-state index in [0.717, 1.165) is 6.07 Å². The van der Waals surface area contributed by atoms with E-state index in [9.17, 15) is 19.5 Å². The maximum atomic E-state index is 12.3. The highest BCUT2D eigenvalue weighted by Gasteiger charge is 2.34. The molecule has 1 aliphatic rings. The van der Waals surface area contributed by atoms with E-state index in [1.54, 1.807) is 0 Å². The number of carboxylic acid groups (broad SMARTS) is 1. The molecule has 0 aromatic heterocycles. The highest BCUT2D eigenvalue weighted by atomic mass is 16.5. The molecule has 128 valence electrons. The van der Waals surface area contributed by atoms with Crippen molar-refractivity contribution in [3.05, 3.63) is 35.0 Å². The summed E-state index contributed by atoms with van der Waals surface area (Å²) < 4.78 is 4.65. The SMILES string of the molecule is COC(=O)C1=C(Nc2ccc(C(=O)O)c(O)c2)C(=O)N(CCO)C1. The average molecular weight is 336 g/mol.